The average Bonchev–Trinajstić information content (AvgIpc) is 3.75. The van der Waals surface area contributed by atoms with Crippen LogP contribution in [0.2, 0.25) is 0 Å². The van der Waals surface area contributed by atoms with Gasteiger partial charge in [-0.05, 0) is 67.0 Å². The molecule has 0 bridgehead atoms. The number of aromatic nitrogens is 1. The van der Waals surface area contributed by atoms with Crippen molar-refractivity contribution in [2.24, 2.45) is 5.92 Å². The normalized spacial score (nSPS) is 15.0. The Morgan fingerprint density at radius 1 is 1.00 bits per heavy atom. The summed E-state index contributed by atoms with van der Waals surface area (Å²) in [6.45, 7) is 2.02. The second-order valence-electron chi connectivity index (χ2n) is 9.90. The van der Waals surface area contributed by atoms with Crippen molar-refractivity contribution in [2.75, 3.05) is 4.72 Å². The van der Waals surface area contributed by atoms with Crippen LogP contribution in [0.4, 0.5) is 5.69 Å². The van der Waals surface area contributed by atoms with Gasteiger partial charge in [0.1, 0.15) is 11.5 Å². The van der Waals surface area contributed by atoms with Crippen LogP contribution >= 0.6 is 0 Å². The number of rotatable bonds is 10. The third-order valence-corrected chi connectivity index (χ3v) is 8.44. The Morgan fingerprint density at radius 3 is 2.44 bits per heavy atom. The number of sulfonamides is 1. The largest absolute Gasteiger partial charge is 0.507 e. The predicted octanol–water partition coefficient (Wildman–Crippen LogP) is 5.53. The minimum Gasteiger partial charge on any atom is -0.507 e. The average molecular weight is 547 g/mol. The van der Waals surface area contributed by atoms with E-state index in [-0.39, 0.29) is 28.8 Å². The van der Waals surface area contributed by atoms with Gasteiger partial charge < -0.3 is 14.6 Å². The third-order valence-electron chi connectivity index (χ3n) is 7.11. The van der Waals surface area contributed by atoms with Crippen LogP contribution in [0.1, 0.15) is 60.5 Å². The fourth-order valence-electron chi connectivity index (χ4n) is 5.03. The van der Waals surface area contributed by atoms with Crippen LogP contribution in [-0.4, -0.2) is 23.6 Å². The number of anilines is 1. The van der Waals surface area contributed by atoms with Gasteiger partial charge in [-0.3, -0.25) is 4.72 Å². The minimum absolute atomic E-state index is 0.0693. The van der Waals surface area contributed by atoms with Crippen molar-refractivity contribution in [3.8, 4) is 11.5 Å². The van der Waals surface area contributed by atoms with E-state index in [0.717, 1.165) is 24.8 Å². The first-order chi connectivity index (χ1) is 18.8. The molecule has 0 spiro atoms. The third kappa shape index (κ3) is 5.83. The van der Waals surface area contributed by atoms with Gasteiger partial charge in [0.25, 0.3) is 10.0 Å². The number of hydrogen-bond donors (Lipinski definition) is 3. The van der Waals surface area contributed by atoms with Gasteiger partial charge in [0.2, 0.25) is 5.03 Å². The maximum absolute atomic E-state index is 13.3. The topological polar surface area (TPSA) is 130 Å². The van der Waals surface area contributed by atoms with Crippen LogP contribution in [0.15, 0.2) is 93.2 Å². The van der Waals surface area contributed by atoms with Crippen molar-refractivity contribution in [1.29, 1.82) is 0 Å². The van der Waals surface area contributed by atoms with Gasteiger partial charge in [0, 0.05) is 29.8 Å². The lowest BCUT2D eigenvalue weighted by Gasteiger charge is -2.20. The van der Waals surface area contributed by atoms with E-state index in [0.29, 0.717) is 17.7 Å². The number of hydrogen-bond acceptors (Lipinski definition) is 7. The van der Waals surface area contributed by atoms with Crippen LogP contribution in [0.3, 0.4) is 0 Å². The monoisotopic (exact) mass is 546 g/mol. The van der Waals surface area contributed by atoms with E-state index in [9.17, 15) is 23.4 Å². The molecule has 4 aromatic rings. The fraction of sp³-hybridized carbons (Fsp3) is 0.267. The molecule has 0 amide bonds. The maximum Gasteiger partial charge on any atom is 0.343 e. The lowest BCUT2D eigenvalue weighted by atomic mass is 9.86. The zero-order valence-corrected chi connectivity index (χ0v) is 22.3. The molecular weight excluding hydrogens is 516 g/mol. The molecule has 3 N–H and O–H groups in total. The Labute approximate surface area is 227 Å². The van der Waals surface area contributed by atoms with Crippen LogP contribution < -0.4 is 10.3 Å². The molecule has 1 aliphatic rings. The Bertz CT molecular complexity index is 1630. The molecule has 2 aromatic carbocycles. The van der Waals surface area contributed by atoms with Crippen molar-refractivity contribution in [3.05, 3.63) is 112 Å². The van der Waals surface area contributed by atoms with E-state index in [1.807, 2.05) is 37.3 Å². The molecule has 8 nitrogen and oxygen atoms in total. The van der Waals surface area contributed by atoms with Gasteiger partial charge in [0.15, 0.2) is 5.75 Å². The van der Waals surface area contributed by atoms with E-state index in [1.54, 1.807) is 30.3 Å². The number of nitrogens with one attached hydrogen (secondary N) is 1. The second-order valence-corrected chi connectivity index (χ2v) is 11.5. The molecule has 2 atom stereocenters. The zero-order valence-electron chi connectivity index (χ0n) is 21.4. The first-order valence-corrected chi connectivity index (χ1v) is 14.4. The van der Waals surface area contributed by atoms with Gasteiger partial charge in [-0.2, -0.15) is 8.42 Å². The van der Waals surface area contributed by atoms with E-state index in [1.165, 1.54) is 18.3 Å². The van der Waals surface area contributed by atoms with E-state index in [4.69, 9.17) is 4.42 Å². The summed E-state index contributed by atoms with van der Waals surface area (Å²) in [6.07, 6.45) is 4.43. The molecule has 0 radical (unpaired) electrons. The van der Waals surface area contributed by atoms with Crippen molar-refractivity contribution < 1.29 is 23.0 Å². The summed E-state index contributed by atoms with van der Waals surface area (Å²) in [5, 5.41) is 20.6. The molecule has 2 unspecified atom stereocenters. The smallest absolute Gasteiger partial charge is 0.343 e. The summed E-state index contributed by atoms with van der Waals surface area (Å²) in [5.41, 5.74) is 1.63. The summed E-state index contributed by atoms with van der Waals surface area (Å²) >= 11 is 0. The Morgan fingerprint density at radius 2 is 1.77 bits per heavy atom. The highest BCUT2D eigenvalue weighted by molar-refractivity contribution is 7.92. The van der Waals surface area contributed by atoms with Gasteiger partial charge in [-0.25, -0.2) is 9.78 Å². The van der Waals surface area contributed by atoms with Gasteiger partial charge >= 0.3 is 5.63 Å². The first kappa shape index (κ1) is 26.5. The molecule has 5 rings (SSSR count). The Hall–Kier alpha value is -4.11. The SMILES string of the molecule is CCC(Cc1ccccc1)c1cc(O)c(C(c2cccc(NS(=O)(=O)c3ncccc3O)c2)C2CC2)c(=O)o1. The lowest BCUT2D eigenvalue weighted by molar-refractivity contribution is 0.379. The van der Waals surface area contributed by atoms with Gasteiger partial charge in [-0.1, -0.05) is 49.4 Å². The summed E-state index contributed by atoms with van der Waals surface area (Å²) in [6, 6.07) is 20.9. The van der Waals surface area contributed by atoms with Crippen LogP contribution in [0.25, 0.3) is 0 Å². The molecule has 1 fully saturated rings. The van der Waals surface area contributed by atoms with E-state index < -0.39 is 32.3 Å². The van der Waals surface area contributed by atoms with Crippen molar-refractivity contribution >= 4 is 15.7 Å². The molecule has 39 heavy (non-hydrogen) atoms. The van der Waals surface area contributed by atoms with E-state index >= 15 is 0 Å². The van der Waals surface area contributed by atoms with Crippen LogP contribution in [0.5, 0.6) is 11.5 Å². The minimum atomic E-state index is -4.16. The summed E-state index contributed by atoms with van der Waals surface area (Å²) in [5.74, 6) is -0.551. The quantitative estimate of drug-likeness (QED) is 0.239. The summed E-state index contributed by atoms with van der Waals surface area (Å²) in [7, 11) is -4.16. The van der Waals surface area contributed by atoms with Crippen molar-refractivity contribution in [3.63, 3.8) is 0 Å². The number of benzene rings is 2. The molecular formula is C30H30N2O6S. The standard InChI is InChI=1S/C30H30N2O6S/c1-2-20(16-19-8-4-3-5-9-19)26-18-25(34)28(30(35)38-26)27(21-13-14-21)22-10-6-11-23(17-22)32-39(36,37)29-24(33)12-7-15-31-29/h3-12,15,17-18,20-21,27,32-34H,2,13-14,16H2,1H3. The highest BCUT2D eigenvalue weighted by atomic mass is 32.2. The Kier molecular flexibility index (Phi) is 7.43. The molecule has 1 saturated carbocycles. The highest BCUT2D eigenvalue weighted by Gasteiger charge is 2.38. The highest BCUT2D eigenvalue weighted by Crippen LogP contribution is 2.48. The van der Waals surface area contributed by atoms with Crippen LogP contribution in [0, 0.1) is 5.92 Å². The second kappa shape index (κ2) is 10.9. The first-order valence-electron chi connectivity index (χ1n) is 12.9. The predicted molar refractivity (Wildman–Crippen MR) is 148 cm³/mol. The fourth-order valence-corrected chi connectivity index (χ4v) is 6.11. The number of nitrogens with zero attached hydrogens (tertiary/aromatic N) is 1. The van der Waals surface area contributed by atoms with E-state index in [2.05, 4.69) is 9.71 Å². The number of pyridine rings is 1. The molecule has 2 heterocycles. The zero-order chi connectivity index (χ0) is 27.6. The maximum atomic E-state index is 13.3. The van der Waals surface area contributed by atoms with Crippen molar-refractivity contribution in [1.82, 2.24) is 4.98 Å². The molecule has 1 aliphatic carbocycles. The molecule has 0 aliphatic heterocycles. The summed E-state index contributed by atoms with van der Waals surface area (Å²) < 4.78 is 34.0. The van der Waals surface area contributed by atoms with Crippen molar-refractivity contribution in [2.45, 2.75) is 49.5 Å². The van der Waals surface area contributed by atoms with Gasteiger partial charge in [-0.15, -0.1) is 0 Å². The van der Waals surface area contributed by atoms with Crippen LogP contribution in [-0.2, 0) is 16.4 Å². The molecule has 2 aromatic heterocycles. The molecule has 9 heteroatoms. The van der Waals surface area contributed by atoms with Gasteiger partial charge in [0.05, 0.1) is 5.56 Å². The molecule has 0 saturated heterocycles. The number of aromatic hydroxyl groups is 2. The summed E-state index contributed by atoms with van der Waals surface area (Å²) in [4.78, 5) is 17.1. The Balaban J connectivity index is 1.46. The molecule has 202 valence electrons. The lowest BCUT2D eigenvalue weighted by Crippen LogP contribution is -2.18.